The Morgan fingerprint density at radius 2 is 1.50 bits per heavy atom. The molecule has 1 aromatic heterocycles. The highest BCUT2D eigenvalue weighted by molar-refractivity contribution is 7.14. The molecule has 0 bridgehead atoms. The Morgan fingerprint density at radius 3 is 2.03 bits per heavy atom. The number of carbonyl (C=O) groups is 1. The molecule has 4 aromatic rings. The lowest BCUT2D eigenvalue weighted by atomic mass is 9.92. The molecule has 0 amide bonds. The van der Waals surface area contributed by atoms with Crippen molar-refractivity contribution >= 4 is 17.3 Å². The van der Waals surface area contributed by atoms with Gasteiger partial charge in [-0.25, -0.2) is 22.9 Å². The molecule has 0 unspecified atom stereocenters. The third-order valence-corrected chi connectivity index (χ3v) is 5.72. The van der Waals surface area contributed by atoms with E-state index < -0.39 is 35.9 Å². The van der Waals surface area contributed by atoms with Crippen LogP contribution in [-0.2, 0) is 4.79 Å². The number of thiazole rings is 1. The summed E-state index contributed by atoms with van der Waals surface area (Å²) in [5, 5.41) is 9.75. The van der Waals surface area contributed by atoms with Crippen LogP contribution in [0.4, 0.5) is 13.2 Å². The minimum absolute atomic E-state index is 0.210. The second kappa shape index (κ2) is 9.23. The first-order valence-corrected chi connectivity index (χ1v) is 10.3. The summed E-state index contributed by atoms with van der Waals surface area (Å²) in [7, 11) is 0. The highest BCUT2D eigenvalue weighted by Gasteiger charge is 2.25. The molecular formula is C24H16F3NO3S. The number of carboxylic acid groups (broad SMARTS) is 1. The molecular weight excluding hydrogens is 439 g/mol. The quantitative estimate of drug-likeness (QED) is 0.379. The Balaban J connectivity index is 1.86. The van der Waals surface area contributed by atoms with E-state index in [9.17, 15) is 18.0 Å². The summed E-state index contributed by atoms with van der Waals surface area (Å²) >= 11 is 1.10. The van der Waals surface area contributed by atoms with Gasteiger partial charge in [-0.2, -0.15) is 0 Å². The molecule has 0 fully saturated rings. The van der Waals surface area contributed by atoms with Crippen molar-refractivity contribution in [3.05, 3.63) is 106 Å². The number of nitrogens with zero attached hydrogens (tertiary/aromatic N) is 1. The van der Waals surface area contributed by atoms with E-state index in [1.807, 2.05) is 0 Å². The zero-order valence-corrected chi connectivity index (χ0v) is 17.3. The highest BCUT2D eigenvalue weighted by Crippen LogP contribution is 2.42. The zero-order valence-electron chi connectivity index (χ0n) is 16.5. The lowest BCUT2D eigenvalue weighted by Crippen LogP contribution is -2.09. The molecule has 0 spiro atoms. The van der Waals surface area contributed by atoms with Crippen molar-refractivity contribution in [2.45, 2.75) is 5.92 Å². The number of halogens is 3. The number of benzene rings is 3. The molecule has 0 radical (unpaired) electrons. The average molecular weight is 455 g/mol. The van der Waals surface area contributed by atoms with Gasteiger partial charge in [0.2, 0.25) is 5.06 Å². The van der Waals surface area contributed by atoms with E-state index in [1.165, 1.54) is 42.5 Å². The van der Waals surface area contributed by atoms with Crippen LogP contribution in [-0.4, -0.2) is 22.7 Å². The van der Waals surface area contributed by atoms with Crippen LogP contribution in [0.2, 0.25) is 0 Å². The lowest BCUT2D eigenvalue weighted by molar-refractivity contribution is -0.139. The Morgan fingerprint density at radius 1 is 0.906 bits per heavy atom. The van der Waals surface area contributed by atoms with Gasteiger partial charge >= 0.3 is 5.97 Å². The molecule has 32 heavy (non-hydrogen) atoms. The fourth-order valence-corrected chi connectivity index (χ4v) is 4.37. The molecule has 0 aliphatic heterocycles. The van der Waals surface area contributed by atoms with Crippen molar-refractivity contribution in [1.29, 1.82) is 0 Å². The number of rotatable bonds is 7. The topological polar surface area (TPSA) is 59.4 Å². The summed E-state index contributed by atoms with van der Waals surface area (Å²) in [5.74, 6) is -2.96. The van der Waals surface area contributed by atoms with Crippen LogP contribution in [0.25, 0.3) is 11.3 Å². The van der Waals surface area contributed by atoms with Crippen LogP contribution in [0.3, 0.4) is 0 Å². The molecule has 8 heteroatoms. The van der Waals surface area contributed by atoms with E-state index in [1.54, 1.807) is 30.3 Å². The van der Waals surface area contributed by atoms with E-state index in [0.717, 1.165) is 11.3 Å². The smallest absolute Gasteiger partial charge is 0.341 e. The maximum absolute atomic E-state index is 13.8. The van der Waals surface area contributed by atoms with E-state index in [-0.39, 0.29) is 5.06 Å². The van der Waals surface area contributed by atoms with Gasteiger partial charge < -0.3 is 9.84 Å². The van der Waals surface area contributed by atoms with Gasteiger partial charge in [-0.1, -0.05) is 47.7 Å². The molecule has 0 aliphatic rings. The van der Waals surface area contributed by atoms with Crippen molar-refractivity contribution in [2.75, 3.05) is 6.61 Å². The minimum atomic E-state index is -1.17. The average Bonchev–Trinajstić information content (AvgIpc) is 3.19. The van der Waals surface area contributed by atoms with Gasteiger partial charge in [0.25, 0.3) is 0 Å². The normalized spacial score (nSPS) is 11.0. The van der Waals surface area contributed by atoms with Gasteiger partial charge in [0.1, 0.15) is 28.2 Å². The van der Waals surface area contributed by atoms with Crippen molar-refractivity contribution in [3.63, 3.8) is 0 Å². The van der Waals surface area contributed by atoms with Crippen molar-refractivity contribution in [2.24, 2.45) is 0 Å². The van der Waals surface area contributed by atoms with Crippen molar-refractivity contribution in [1.82, 2.24) is 4.98 Å². The van der Waals surface area contributed by atoms with E-state index in [0.29, 0.717) is 27.4 Å². The van der Waals surface area contributed by atoms with Crippen LogP contribution < -0.4 is 4.74 Å². The van der Waals surface area contributed by atoms with Crippen LogP contribution in [0.15, 0.2) is 72.8 Å². The standard InChI is InChI=1S/C24H16F3NO3S/c25-17-8-4-14(5-9-17)21(15-6-10-18(26)11-7-15)23-28-22(16-2-1-3-19(27)12-16)24(32-23)31-13-20(29)30/h1-12,21H,13H2,(H,29,30). The second-order valence-corrected chi connectivity index (χ2v) is 7.91. The fourth-order valence-electron chi connectivity index (χ4n) is 3.28. The van der Waals surface area contributed by atoms with Gasteiger partial charge in [0.05, 0.1) is 5.92 Å². The third-order valence-electron chi connectivity index (χ3n) is 4.69. The molecule has 4 rings (SSSR count). The number of hydrogen-bond acceptors (Lipinski definition) is 4. The van der Waals surface area contributed by atoms with Crippen molar-refractivity contribution < 1.29 is 27.8 Å². The molecule has 1 N–H and O–H groups in total. The van der Waals surface area contributed by atoms with Gasteiger partial charge in [-0.3, -0.25) is 0 Å². The largest absolute Gasteiger partial charge is 0.479 e. The molecule has 4 nitrogen and oxygen atoms in total. The third kappa shape index (κ3) is 4.81. The fraction of sp³-hybridized carbons (Fsp3) is 0.0833. The number of carboxylic acids is 1. The minimum Gasteiger partial charge on any atom is -0.479 e. The van der Waals surface area contributed by atoms with Crippen LogP contribution in [0.5, 0.6) is 5.06 Å². The second-order valence-electron chi connectivity index (χ2n) is 6.92. The van der Waals surface area contributed by atoms with E-state index in [4.69, 9.17) is 9.84 Å². The van der Waals surface area contributed by atoms with Gasteiger partial charge in [-0.15, -0.1) is 0 Å². The lowest BCUT2D eigenvalue weighted by Gasteiger charge is -2.15. The number of ether oxygens (including phenoxy) is 1. The summed E-state index contributed by atoms with van der Waals surface area (Å²) in [5.41, 5.74) is 2.11. The predicted molar refractivity (Wildman–Crippen MR) is 114 cm³/mol. The molecule has 162 valence electrons. The molecule has 0 aliphatic carbocycles. The summed E-state index contributed by atoms with van der Waals surface area (Å²) in [6, 6.07) is 17.4. The van der Waals surface area contributed by atoms with Crippen LogP contribution in [0.1, 0.15) is 22.1 Å². The summed E-state index contributed by atoms with van der Waals surface area (Å²) in [6.45, 7) is -0.596. The molecule has 0 atom stereocenters. The summed E-state index contributed by atoms with van der Waals surface area (Å²) < 4.78 is 46.4. The molecule has 3 aromatic carbocycles. The molecule has 0 saturated heterocycles. The Labute approximate surface area is 185 Å². The van der Waals surface area contributed by atoms with Gasteiger partial charge in [0.15, 0.2) is 6.61 Å². The molecule has 0 saturated carbocycles. The molecule has 1 heterocycles. The zero-order chi connectivity index (χ0) is 22.7. The first kappa shape index (κ1) is 21.6. The van der Waals surface area contributed by atoms with Crippen LogP contribution in [0, 0.1) is 17.5 Å². The van der Waals surface area contributed by atoms with Crippen LogP contribution >= 0.6 is 11.3 Å². The predicted octanol–water partition coefficient (Wildman–Crippen LogP) is 5.87. The Bertz CT molecular complexity index is 1190. The number of aliphatic carboxylic acids is 1. The number of hydrogen-bond donors (Lipinski definition) is 1. The summed E-state index contributed by atoms with van der Waals surface area (Å²) in [6.07, 6.45) is 0. The number of aromatic nitrogens is 1. The Kier molecular flexibility index (Phi) is 6.23. The van der Waals surface area contributed by atoms with E-state index >= 15 is 0 Å². The first-order chi connectivity index (χ1) is 15.4. The van der Waals surface area contributed by atoms with E-state index in [2.05, 4.69) is 4.98 Å². The Hall–Kier alpha value is -3.65. The van der Waals surface area contributed by atoms with Gasteiger partial charge in [0, 0.05) is 5.56 Å². The monoisotopic (exact) mass is 455 g/mol. The first-order valence-electron chi connectivity index (χ1n) is 9.53. The van der Waals surface area contributed by atoms with Gasteiger partial charge in [-0.05, 0) is 47.5 Å². The highest BCUT2D eigenvalue weighted by atomic mass is 32.1. The summed E-state index contributed by atoms with van der Waals surface area (Å²) in [4.78, 5) is 15.7. The SMILES string of the molecule is O=C(O)COc1sc(C(c2ccc(F)cc2)c2ccc(F)cc2)nc1-c1cccc(F)c1. The van der Waals surface area contributed by atoms with Crippen molar-refractivity contribution in [3.8, 4) is 16.3 Å². The maximum Gasteiger partial charge on any atom is 0.341 e. The maximum atomic E-state index is 13.8.